The average molecular weight is 304 g/mol. The topological polar surface area (TPSA) is 35.2 Å². The third kappa shape index (κ3) is 3.58. The molecule has 0 fully saturated rings. The first-order chi connectivity index (χ1) is 9.82. The van der Waals surface area contributed by atoms with E-state index in [0.29, 0.717) is 17.3 Å². The van der Waals surface area contributed by atoms with Crippen molar-refractivity contribution < 1.29 is 4.74 Å². The fourth-order valence-corrected chi connectivity index (χ4v) is 2.40. The predicted molar refractivity (Wildman–Crippen MR) is 89.3 cm³/mol. The van der Waals surface area contributed by atoms with Crippen molar-refractivity contribution in [2.24, 2.45) is 5.73 Å². The monoisotopic (exact) mass is 303 g/mol. The molecule has 2 aromatic carbocycles. The van der Waals surface area contributed by atoms with Gasteiger partial charge in [-0.05, 0) is 35.6 Å². The Bertz CT molecular complexity index is 644. The maximum atomic E-state index is 6.23. The van der Waals surface area contributed by atoms with Crippen LogP contribution in [0.25, 0.3) is 0 Å². The molecule has 0 aliphatic carbocycles. The number of rotatable bonds is 3. The summed E-state index contributed by atoms with van der Waals surface area (Å²) in [6.07, 6.45) is 0. The summed E-state index contributed by atoms with van der Waals surface area (Å²) in [5.74, 6) is 1.46. The quantitative estimate of drug-likeness (QED) is 0.846. The summed E-state index contributed by atoms with van der Waals surface area (Å²) >= 11 is 6.23. The van der Waals surface area contributed by atoms with Crippen LogP contribution in [0.2, 0.25) is 5.02 Å². The molecule has 0 atom stereocenters. The Morgan fingerprint density at radius 2 is 1.86 bits per heavy atom. The van der Waals surface area contributed by atoms with Crippen molar-refractivity contribution in [2.75, 3.05) is 0 Å². The van der Waals surface area contributed by atoms with Gasteiger partial charge in [0.15, 0.2) is 0 Å². The highest BCUT2D eigenvalue weighted by Gasteiger charge is 2.16. The van der Waals surface area contributed by atoms with Crippen molar-refractivity contribution in [3.63, 3.8) is 0 Å². The van der Waals surface area contributed by atoms with E-state index in [2.05, 4.69) is 32.9 Å². The Labute approximate surface area is 131 Å². The first-order valence-electron chi connectivity index (χ1n) is 7.09. The van der Waals surface area contributed by atoms with Crippen LogP contribution in [-0.4, -0.2) is 0 Å². The van der Waals surface area contributed by atoms with Gasteiger partial charge in [-0.1, -0.05) is 56.6 Å². The van der Waals surface area contributed by atoms with E-state index in [1.807, 2.05) is 31.2 Å². The highest BCUT2D eigenvalue weighted by Crippen LogP contribution is 2.35. The molecule has 0 amide bonds. The number of para-hydroxylation sites is 1. The van der Waals surface area contributed by atoms with E-state index in [0.717, 1.165) is 16.9 Å². The number of ether oxygens (including phenoxy) is 1. The van der Waals surface area contributed by atoms with E-state index < -0.39 is 0 Å². The lowest BCUT2D eigenvalue weighted by Gasteiger charge is -2.21. The van der Waals surface area contributed by atoms with Crippen molar-refractivity contribution in [2.45, 2.75) is 39.7 Å². The smallest absolute Gasteiger partial charge is 0.150 e. The maximum Gasteiger partial charge on any atom is 0.150 e. The van der Waals surface area contributed by atoms with E-state index in [1.165, 1.54) is 5.56 Å². The SMILES string of the molecule is Cc1cc(C(C)(C)C)ccc1Oc1c(Cl)cccc1CN. The van der Waals surface area contributed by atoms with Gasteiger partial charge in [-0.3, -0.25) is 0 Å². The molecule has 112 valence electrons. The molecule has 2 rings (SSSR count). The summed E-state index contributed by atoms with van der Waals surface area (Å²) in [6, 6.07) is 11.9. The minimum Gasteiger partial charge on any atom is -0.455 e. The van der Waals surface area contributed by atoms with Gasteiger partial charge >= 0.3 is 0 Å². The van der Waals surface area contributed by atoms with Gasteiger partial charge < -0.3 is 10.5 Å². The van der Waals surface area contributed by atoms with E-state index in [-0.39, 0.29) is 5.41 Å². The number of hydrogen-bond donors (Lipinski definition) is 1. The normalized spacial score (nSPS) is 11.5. The first-order valence-corrected chi connectivity index (χ1v) is 7.47. The van der Waals surface area contributed by atoms with Crippen LogP contribution >= 0.6 is 11.6 Å². The van der Waals surface area contributed by atoms with E-state index in [4.69, 9.17) is 22.1 Å². The summed E-state index contributed by atoms with van der Waals surface area (Å²) in [6.45, 7) is 9.03. The molecular weight excluding hydrogens is 282 g/mol. The Balaban J connectivity index is 2.37. The van der Waals surface area contributed by atoms with Crippen LogP contribution in [-0.2, 0) is 12.0 Å². The standard InChI is InChI=1S/C18H22ClNO/c1-12-10-14(18(2,3)4)8-9-16(12)21-17-13(11-20)6-5-7-15(17)19/h5-10H,11,20H2,1-4H3. The highest BCUT2D eigenvalue weighted by molar-refractivity contribution is 6.32. The number of hydrogen-bond acceptors (Lipinski definition) is 2. The molecule has 2 nitrogen and oxygen atoms in total. The molecule has 0 heterocycles. The minimum absolute atomic E-state index is 0.121. The molecule has 0 spiro atoms. The fraction of sp³-hybridized carbons (Fsp3) is 0.333. The third-order valence-corrected chi connectivity index (χ3v) is 3.82. The van der Waals surface area contributed by atoms with Crippen LogP contribution in [0.5, 0.6) is 11.5 Å². The van der Waals surface area contributed by atoms with Crippen molar-refractivity contribution in [1.29, 1.82) is 0 Å². The molecule has 0 aromatic heterocycles. The predicted octanol–water partition coefficient (Wildman–Crippen LogP) is 5.20. The zero-order chi connectivity index (χ0) is 15.6. The molecular formula is C18H22ClNO. The summed E-state index contributed by atoms with van der Waals surface area (Å²) in [5.41, 5.74) is 9.15. The second-order valence-electron chi connectivity index (χ2n) is 6.26. The lowest BCUT2D eigenvalue weighted by molar-refractivity contribution is 0.471. The van der Waals surface area contributed by atoms with E-state index in [1.54, 1.807) is 0 Å². The Hall–Kier alpha value is -1.51. The summed E-state index contributed by atoms with van der Waals surface area (Å²) < 4.78 is 6.02. The first kappa shape index (κ1) is 15.9. The van der Waals surface area contributed by atoms with Crippen molar-refractivity contribution in [3.8, 4) is 11.5 Å². The third-order valence-electron chi connectivity index (χ3n) is 3.52. The lowest BCUT2D eigenvalue weighted by atomic mass is 9.86. The molecule has 0 aliphatic rings. The molecule has 0 radical (unpaired) electrons. The van der Waals surface area contributed by atoms with Crippen LogP contribution in [0.3, 0.4) is 0 Å². The molecule has 0 aliphatic heterocycles. The van der Waals surface area contributed by atoms with Gasteiger partial charge in [0, 0.05) is 12.1 Å². The van der Waals surface area contributed by atoms with Gasteiger partial charge in [0.05, 0.1) is 5.02 Å². The van der Waals surface area contributed by atoms with Gasteiger partial charge in [-0.2, -0.15) is 0 Å². The number of aryl methyl sites for hydroxylation is 1. The second-order valence-corrected chi connectivity index (χ2v) is 6.67. The molecule has 0 saturated carbocycles. The van der Waals surface area contributed by atoms with Crippen LogP contribution in [0.15, 0.2) is 36.4 Å². The van der Waals surface area contributed by atoms with Crippen molar-refractivity contribution in [3.05, 3.63) is 58.1 Å². The number of nitrogens with two attached hydrogens (primary N) is 1. The van der Waals surface area contributed by atoms with Crippen LogP contribution in [0.1, 0.15) is 37.5 Å². The summed E-state index contributed by atoms with van der Waals surface area (Å²) in [7, 11) is 0. The summed E-state index contributed by atoms with van der Waals surface area (Å²) in [4.78, 5) is 0. The zero-order valence-corrected chi connectivity index (χ0v) is 13.8. The second kappa shape index (κ2) is 6.08. The van der Waals surface area contributed by atoms with Crippen LogP contribution in [0, 0.1) is 6.92 Å². The van der Waals surface area contributed by atoms with Crippen molar-refractivity contribution in [1.82, 2.24) is 0 Å². The summed E-state index contributed by atoms with van der Waals surface area (Å²) in [5, 5.41) is 0.581. The van der Waals surface area contributed by atoms with Gasteiger partial charge in [-0.25, -0.2) is 0 Å². The molecule has 21 heavy (non-hydrogen) atoms. The minimum atomic E-state index is 0.121. The van der Waals surface area contributed by atoms with Crippen molar-refractivity contribution >= 4 is 11.6 Å². The Morgan fingerprint density at radius 3 is 2.43 bits per heavy atom. The Morgan fingerprint density at radius 1 is 1.14 bits per heavy atom. The number of benzene rings is 2. The molecule has 0 unspecified atom stereocenters. The molecule has 0 saturated heterocycles. The van der Waals surface area contributed by atoms with Gasteiger partial charge in [0.25, 0.3) is 0 Å². The van der Waals surface area contributed by atoms with Gasteiger partial charge in [0.1, 0.15) is 11.5 Å². The number of halogens is 1. The zero-order valence-electron chi connectivity index (χ0n) is 13.0. The average Bonchev–Trinajstić information content (AvgIpc) is 2.41. The van der Waals surface area contributed by atoms with E-state index >= 15 is 0 Å². The highest BCUT2D eigenvalue weighted by atomic mass is 35.5. The van der Waals surface area contributed by atoms with Crippen LogP contribution < -0.4 is 10.5 Å². The molecule has 0 bridgehead atoms. The van der Waals surface area contributed by atoms with Gasteiger partial charge in [-0.15, -0.1) is 0 Å². The molecule has 2 N–H and O–H groups in total. The lowest BCUT2D eigenvalue weighted by Crippen LogP contribution is -2.11. The fourth-order valence-electron chi connectivity index (χ4n) is 2.17. The molecule has 2 aromatic rings. The maximum absolute atomic E-state index is 6.23. The van der Waals surface area contributed by atoms with Gasteiger partial charge in [0.2, 0.25) is 0 Å². The van der Waals surface area contributed by atoms with Crippen LogP contribution in [0.4, 0.5) is 0 Å². The Kier molecular flexibility index (Phi) is 4.60. The largest absolute Gasteiger partial charge is 0.455 e. The molecule has 3 heteroatoms. The van der Waals surface area contributed by atoms with E-state index in [9.17, 15) is 0 Å².